The summed E-state index contributed by atoms with van der Waals surface area (Å²) in [6, 6.07) is 16.7. The van der Waals surface area contributed by atoms with Gasteiger partial charge in [-0.15, -0.1) is 0 Å². The van der Waals surface area contributed by atoms with Crippen LogP contribution in [-0.2, 0) is 24.3 Å². The van der Waals surface area contributed by atoms with Gasteiger partial charge in [0.2, 0.25) is 0 Å². The highest BCUT2D eigenvalue weighted by atomic mass is 16.5. The molecule has 0 heterocycles. The molecule has 0 fully saturated rings. The Morgan fingerprint density at radius 2 is 1.71 bits per heavy atom. The van der Waals surface area contributed by atoms with Gasteiger partial charge in [-0.3, -0.25) is 0 Å². The van der Waals surface area contributed by atoms with Crippen molar-refractivity contribution in [3.05, 3.63) is 65.2 Å². The van der Waals surface area contributed by atoms with Crippen molar-refractivity contribution in [1.29, 1.82) is 0 Å². The van der Waals surface area contributed by atoms with Crippen molar-refractivity contribution in [3.8, 4) is 5.75 Å². The lowest BCUT2D eigenvalue weighted by Crippen LogP contribution is -2.05. The molecule has 21 heavy (non-hydrogen) atoms. The maximum atomic E-state index is 5.83. The van der Waals surface area contributed by atoms with Gasteiger partial charge in [0.05, 0.1) is 6.61 Å². The summed E-state index contributed by atoms with van der Waals surface area (Å²) in [4.78, 5) is 0. The molecule has 3 nitrogen and oxygen atoms in total. The molecule has 0 aliphatic rings. The highest BCUT2D eigenvalue weighted by Crippen LogP contribution is 2.15. The first-order valence-electron chi connectivity index (χ1n) is 7.25. The van der Waals surface area contributed by atoms with Crippen molar-refractivity contribution < 1.29 is 9.47 Å². The summed E-state index contributed by atoms with van der Waals surface area (Å²) in [7, 11) is 3.67. The van der Waals surface area contributed by atoms with E-state index in [0.717, 1.165) is 25.3 Å². The number of benzene rings is 2. The molecule has 2 aromatic carbocycles. The minimum Gasteiger partial charge on any atom is -0.489 e. The van der Waals surface area contributed by atoms with E-state index >= 15 is 0 Å². The van der Waals surface area contributed by atoms with Gasteiger partial charge in [-0.05, 0) is 42.3 Å². The van der Waals surface area contributed by atoms with Gasteiger partial charge in [-0.25, -0.2) is 0 Å². The molecule has 1 N–H and O–H groups in total. The number of hydrogen-bond donors (Lipinski definition) is 1. The molecule has 0 unspecified atom stereocenters. The lowest BCUT2D eigenvalue weighted by molar-refractivity contribution is 0.202. The second-order valence-corrected chi connectivity index (χ2v) is 5.03. The molecule has 0 spiro atoms. The van der Waals surface area contributed by atoms with Crippen molar-refractivity contribution in [2.75, 3.05) is 20.8 Å². The van der Waals surface area contributed by atoms with Crippen LogP contribution in [0, 0.1) is 0 Å². The van der Waals surface area contributed by atoms with Crippen LogP contribution in [0.4, 0.5) is 0 Å². The minimum atomic E-state index is 0.592. The largest absolute Gasteiger partial charge is 0.489 e. The van der Waals surface area contributed by atoms with Crippen LogP contribution in [0.2, 0.25) is 0 Å². The molecule has 3 heteroatoms. The smallest absolute Gasteiger partial charge is 0.119 e. The van der Waals surface area contributed by atoms with Crippen molar-refractivity contribution >= 4 is 0 Å². The zero-order chi connectivity index (χ0) is 14.9. The number of rotatable bonds is 8. The zero-order valence-electron chi connectivity index (χ0n) is 12.8. The van der Waals surface area contributed by atoms with Gasteiger partial charge in [-0.1, -0.05) is 36.4 Å². The molecular weight excluding hydrogens is 262 g/mol. The van der Waals surface area contributed by atoms with Crippen molar-refractivity contribution in [2.24, 2.45) is 0 Å². The predicted octanol–water partition coefficient (Wildman–Crippen LogP) is 3.17. The Bertz CT molecular complexity index is 537. The Morgan fingerprint density at radius 1 is 0.952 bits per heavy atom. The summed E-state index contributed by atoms with van der Waals surface area (Å²) in [5.41, 5.74) is 3.72. The number of methoxy groups -OCH3 is 1. The van der Waals surface area contributed by atoms with E-state index in [9.17, 15) is 0 Å². The van der Waals surface area contributed by atoms with Gasteiger partial charge in [0, 0.05) is 13.7 Å². The van der Waals surface area contributed by atoms with E-state index in [1.807, 2.05) is 19.2 Å². The van der Waals surface area contributed by atoms with Gasteiger partial charge in [0.25, 0.3) is 0 Å². The average Bonchev–Trinajstić information content (AvgIpc) is 2.53. The van der Waals surface area contributed by atoms with E-state index in [1.165, 1.54) is 16.7 Å². The first-order chi connectivity index (χ1) is 10.3. The molecular formula is C18H23NO2. The standard InChI is InChI=1S/C18H23NO2/c1-19-13-16-4-3-5-17(12-16)14-21-18-8-6-15(7-9-18)10-11-20-2/h3-9,12,19H,10-11,13-14H2,1-2H3. The fourth-order valence-corrected chi connectivity index (χ4v) is 2.17. The van der Waals surface area contributed by atoms with E-state index in [2.05, 4.69) is 41.7 Å². The maximum Gasteiger partial charge on any atom is 0.119 e. The summed E-state index contributed by atoms with van der Waals surface area (Å²) in [5, 5.41) is 3.16. The van der Waals surface area contributed by atoms with Gasteiger partial charge < -0.3 is 14.8 Å². The molecule has 0 saturated heterocycles. The number of hydrogen-bond acceptors (Lipinski definition) is 3. The predicted molar refractivity (Wildman–Crippen MR) is 85.6 cm³/mol. The van der Waals surface area contributed by atoms with Crippen molar-refractivity contribution in [3.63, 3.8) is 0 Å². The van der Waals surface area contributed by atoms with E-state index in [4.69, 9.17) is 9.47 Å². The van der Waals surface area contributed by atoms with Crippen LogP contribution in [0.25, 0.3) is 0 Å². The van der Waals surface area contributed by atoms with Gasteiger partial charge >= 0.3 is 0 Å². The van der Waals surface area contributed by atoms with Crippen LogP contribution in [0.5, 0.6) is 5.75 Å². The van der Waals surface area contributed by atoms with Crippen LogP contribution in [0.15, 0.2) is 48.5 Å². The Hall–Kier alpha value is -1.84. The average molecular weight is 285 g/mol. The fraction of sp³-hybridized carbons (Fsp3) is 0.333. The molecule has 0 atom stereocenters. The quantitative estimate of drug-likeness (QED) is 0.808. The topological polar surface area (TPSA) is 30.5 Å². The van der Waals surface area contributed by atoms with Gasteiger partial charge in [-0.2, -0.15) is 0 Å². The normalized spacial score (nSPS) is 10.6. The minimum absolute atomic E-state index is 0.592. The molecule has 2 aromatic rings. The van der Waals surface area contributed by atoms with Crippen LogP contribution >= 0.6 is 0 Å². The summed E-state index contributed by atoms with van der Waals surface area (Å²) in [6.07, 6.45) is 0.933. The Morgan fingerprint density at radius 3 is 2.43 bits per heavy atom. The SMILES string of the molecule is CNCc1cccc(COc2ccc(CCOC)cc2)c1. The lowest BCUT2D eigenvalue weighted by Gasteiger charge is -2.09. The summed E-state index contributed by atoms with van der Waals surface area (Å²) >= 11 is 0. The summed E-state index contributed by atoms with van der Waals surface area (Å²) in [6.45, 7) is 2.22. The third kappa shape index (κ3) is 5.21. The summed E-state index contributed by atoms with van der Waals surface area (Å²) < 4.78 is 10.9. The Kier molecular flexibility index (Phi) is 6.25. The molecule has 0 aliphatic carbocycles. The first-order valence-corrected chi connectivity index (χ1v) is 7.25. The Balaban J connectivity index is 1.88. The van der Waals surface area contributed by atoms with E-state index < -0.39 is 0 Å². The molecule has 112 valence electrons. The third-order valence-electron chi connectivity index (χ3n) is 3.30. The molecule has 0 saturated carbocycles. The molecule has 0 bridgehead atoms. The molecule has 0 radical (unpaired) electrons. The molecule has 0 aliphatic heterocycles. The lowest BCUT2D eigenvalue weighted by atomic mass is 10.1. The van der Waals surface area contributed by atoms with E-state index in [0.29, 0.717) is 6.61 Å². The fourth-order valence-electron chi connectivity index (χ4n) is 2.17. The number of nitrogens with one attached hydrogen (secondary N) is 1. The molecule has 0 aromatic heterocycles. The highest BCUT2D eigenvalue weighted by molar-refractivity contribution is 5.28. The van der Waals surface area contributed by atoms with Crippen molar-refractivity contribution in [2.45, 2.75) is 19.6 Å². The third-order valence-corrected chi connectivity index (χ3v) is 3.30. The second kappa shape index (κ2) is 8.45. The number of ether oxygens (including phenoxy) is 2. The van der Waals surface area contributed by atoms with Crippen molar-refractivity contribution in [1.82, 2.24) is 5.32 Å². The van der Waals surface area contributed by atoms with Crippen LogP contribution < -0.4 is 10.1 Å². The molecule has 0 amide bonds. The van der Waals surface area contributed by atoms with Crippen LogP contribution in [-0.4, -0.2) is 20.8 Å². The second-order valence-electron chi connectivity index (χ2n) is 5.03. The highest BCUT2D eigenvalue weighted by Gasteiger charge is 1.99. The summed E-state index contributed by atoms with van der Waals surface area (Å²) in [5.74, 6) is 0.898. The maximum absolute atomic E-state index is 5.83. The first kappa shape index (κ1) is 15.5. The van der Waals surface area contributed by atoms with Gasteiger partial charge in [0.1, 0.15) is 12.4 Å². The van der Waals surface area contributed by atoms with Crippen LogP contribution in [0.3, 0.4) is 0 Å². The zero-order valence-corrected chi connectivity index (χ0v) is 12.8. The van der Waals surface area contributed by atoms with E-state index in [1.54, 1.807) is 7.11 Å². The van der Waals surface area contributed by atoms with E-state index in [-0.39, 0.29) is 0 Å². The van der Waals surface area contributed by atoms with Crippen LogP contribution in [0.1, 0.15) is 16.7 Å². The molecule has 2 rings (SSSR count). The Labute approximate surface area is 126 Å². The monoisotopic (exact) mass is 285 g/mol. The van der Waals surface area contributed by atoms with Gasteiger partial charge in [0.15, 0.2) is 0 Å².